The molecule has 3 nitrogen and oxygen atoms in total. The van der Waals surface area contributed by atoms with Crippen molar-refractivity contribution in [3.63, 3.8) is 0 Å². The van der Waals surface area contributed by atoms with Gasteiger partial charge in [0, 0.05) is 18.2 Å². The highest BCUT2D eigenvalue weighted by Crippen LogP contribution is 2.21. The minimum Gasteiger partial charge on any atom is -0.507 e. The first-order chi connectivity index (χ1) is 9.58. The van der Waals surface area contributed by atoms with Gasteiger partial charge in [-0.2, -0.15) is 0 Å². The SMILES string of the molecule is CCN(CC)CCCC(C)NCc1cccc(C)c1O. The van der Waals surface area contributed by atoms with Gasteiger partial charge < -0.3 is 15.3 Å². The van der Waals surface area contributed by atoms with Crippen molar-refractivity contribution in [1.29, 1.82) is 0 Å². The highest BCUT2D eigenvalue weighted by molar-refractivity contribution is 5.39. The predicted molar refractivity (Wildman–Crippen MR) is 86.2 cm³/mol. The van der Waals surface area contributed by atoms with Gasteiger partial charge in [0.2, 0.25) is 0 Å². The average Bonchev–Trinajstić information content (AvgIpc) is 2.45. The molecular formula is C17H30N2O. The Bertz CT molecular complexity index is 389. The zero-order valence-corrected chi connectivity index (χ0v) is 13.4. The summed E-state index contributed by atoms with van der Waals surface area (Å²) in [7, 11) is 0. The second kappa shape index (κ2) is 8.98. The number of para-hydroxylation sites is 1. The standard InChI is InChI=1S/C17H30N2O/c1-5-19(6-2)12-8-10-15(4)18-13-16-11-7-9-14(3)17(16)20/h7,9,11,15,18,20H,5-6,8,10,12-13H2,1-4H3. The number of rotatable bonds is 9. The van der Waals surface area contributed by atoms with Gasteiger partial charge in [-0.3, -0.25) is 0 Å². The van der Waals surface area contributed by atoms with Crippen molar-refractivity contribution < 1.29 is 5.11 Å². The van der Waals surface area contributed by atoms with E-state index in [1.807, 2.05) is 25.1 Å². The first-order valence-corrected chi connectivity index (χ1v) is 7.81. The van der Waals surface area contributed by atoms with E-state index in [2.05, 4.69) is 31.0 Å². The average molecular weight is 278 g/mol. The maximum absolute atomic E-state index is 9.98. The Balaban J connectivity index is 2.29. The summed E-state index contributed by atoms with van der Waals surface area (Å²) in [6.45, 7) is 12.8. The molecule has 1 unspecified atom stereocenters. The molecule has 0 spiro atoms. The molecule has 0 aliphatic rings. The Morgan fingerprint density at radius 3 is 2.60 bits per heavy atom. The zero-order chi connectivity index (χ0) is 15.0. The maximum atomic E-state index is 9.98. The molecule has 0 saturated heterocycles. The summed E-state index contributed by atoms with van der Waals surface area (Å²) in [5, 5.41) is 13.5. The largest absolute Gasteiger partial charge is 0.507 e. The second-order valence-electron chi connectivity index (χ2n) is 5.53. The van der Waals surface area contributed by atoms with Crippen molar-refractivity contribution in [3.05, 3.63) is 29.3 Å². The van der Waals surface area contributed by atoms with E-state index in [-0.39, 0.29) is 0 Å². The first-order valence-electron chi connectivity index (χ1n) is 7.81. The molecule has 20 heavy (non-hydrogen) atoms. The van der Waals surface area contributed by atoms with Crippen LogP contribution in [0, 0.1) is 6.92 Å². The van der Waals surface area contributed by atoms with E-state index in [4.69, 9.17) is 0 Å². The minimum absolute atomic E-state index is 0.426. The van der Waals surface area contributed by atoms with Gasteiger partial charge in [-0.15, -0.1) is 0 Å². The third-order valence-electron chi connectivity index (χ3n) is 3.97. The lowest BCUT2D eigenvalue weighted by Gasteiger charge is -2.20. The molecule has 0 fully saturated rings. The van der Waals surface area contributed by atoms with E-state index < -0.39 is 0 Å². The van der Waals surface area contributed by atoms with E-state index in [1.54, 1.807) is 0 Å². The summed E-state index contributed by atoms with van der Waals surface area (Å²) in [5.41, 5.74) is 1.93. The molecule has 0 heterocycles. The summed E-state index contributed by atoms with van der Waals surface area (Å²) in [5.74, 6) is 0.426. The molecule has 1 rings (SSSR count). The summed E-state index contributed by atoms with van der Waals surface area (Å²) >= 11 is 0. The van der Waals surface area contributed by atoms with Crippen LogP contribution in [0.2, 0.25) is 0 Å². The van der Waals surface area contributed by atoms with Crippen LogP contribution >= 0.6 is 0 Å². The van der Waals surface area contributed by atoms with Crippen molar-refractivity contribution in [2.75, 3.05) is 19.6 Å². The maximum Gasteiger partial charge on any atom is 0.122 e. The number of phenols is 1. The first kappa shape index (κ1) is 17.0. The van der Waals surface area contributed by atoms with Crippen LogP contribution in [0.4, 0.5) is 0 Å². The fraction of sp³-hybridized carbons (Fsp3) is 0.647. The molecule has 0 amide bonds. The number of benzene rings is 1. The van der Waals surface area contributed by atoms with Gasteiger partial charge in [-0.1, -0.05) is 32.0 Å². The molecule has 3 heteroatoms. The molecule has 2 N–H and O–H groups in total. The van der Waals surface area contributed by atoms with E-state index >= 15 is 0 Å². The molecule has 0 aliphatic heterocycles. The number of aromatic hydroxyl groups is 1. The summed E-state index contributed by atoms with van der Waals surface area (Å²) in [6, 6.07) is 6.40. The van der Waals surface area contributed by atoms with Gasteiger partial charge in [0.1, 0.15) is 5.75 Å². The van der Waals surface area contributed by atoms with Gasteiger partial charge in [0.15, 0.2) is 0 Å². The van der Waals surface area contributed by atoms with Crippen molar-refractivity contribution in [2.45, 2.75) is 53.1 Å². The van der Waals surface area contributed by atoms with Gasteiger partial charge in [0.25, 0.3) is 0 Å². The number of nitrogens with one attached hydrogen (secondary N) is 1. The molecule has 1 aromatic rings. The van der Waals surface area contributed by atoms with Crippen LogP contribution in [0.25, 0.3) is 0 Å². The number of nitrogens with zero attached hydrogens (tertiary/aromatic N) is 1. The summed E-state index contributed by atoms with van der Waals surface area (Å²) in [4.78, 5) is 2.46. The Hall–Kier alpha value is -1.06. The molecule has 0 aromatic heterocycles. The molecule has 1 atom stereocenters. The Morgan fingerprint density at radius 1 is 1.25 bits per heavy atom. The van der Waals surface area contributed by atoms with Crippen LogP contribution in [0.3, 0.4) is 0 Å². The molecule has 0 bridgehead atoms. The summed E-state index contributed by atoms with van der Waals surface area (Å²) < 4.78 is 0. The third kappa shape index (κ3) is 5.51. The fourth-order valence-electron chi connectivity index (χ4n) is 2.41. The third-order valence-corrected chi connectivity index (χ3v) is 3.97. The van der Waals surface area contributed by atoms with E-state index in [0.29, 0.717) is 11.8 Å². The minimum atomic E-state index is 0.426. The van der Waals surface area contributed by atoms with E-state index in [9.17, 15) is 5.11 Å². The Morgan fingerprint density at radius 2 is 1.95 bits per heavy atom. The predicted octanol–water partition coefficient (Wildman–Crippen LogP) is 3.30. The lowest BCUT2D eigenvalue weighted by Crippen LogP contribution is -2.28. The smallest absolute Gasteiger partial charge is 0.122 e. The monoisotopic (exact) mass is 278 g/mol. The summed E-state index contributed by atoms with van der Waals surface area (Å²) in [6.07, 6.45) is 2.39. The topological polar surface area (TPSA) is 35.5 Å². The fourth-order valence-corrected chi connectivity index (χ4v) is 2.41. The van der Waals surface area contributed by atoms with E-state index in [1.165, 1.54) is 19.4 Å². The second-order valence-corrected chi connectivity index (χ2v) is 5.53. The van der Waals surface area contributed by atoms with Gasteiger partial charge in [0.05, 0.1) is 0 Å². The Kier molecular flexibility index (Phi) is 7.63. The van der Waals surface area contributed by atoms with E-state index in [0.717, 1.165) is 30.8 Å². The molecule has 1 aromatic carbocycles. The van der Waals surface area contributed by atoms with Crippen molar-refractivity contribution in [1.82, 2.24) is 10.2 Å². The normalized spacial score (nSPS) is 12.8. The lowest BCUT2D eigenvalue weighted by molar-refractivity contribution is 0.290. The van der Waals surface area contributed by atoms with Crippen LogP contribution in [0.15, 0.2) is 18.2 Å². The molecule has 0 aliphatic carbocycles. The number of hydrogen-bond acceptors (Lipinski definition) is 3. The van der Waals surface area contributed by atoms with Gasteiger partial charge >= 0.3 is 0 Å². The highest BCUT2D eigenvalue weighted by atomic mass is 16.3. The van der Waals surface area contributed by atoms with Crippen molar-refractivity contribution >= 4 is 0 Å². The number of phenolic OH excluding ortho intramolecular Hbond substituents is 1. The van der Waals surface area contributed by atoms with Gasteiger partial charge in [-0.25, -0.2) is 0 Å². The number of hydrogen-bond donors (Lipinski definition) is 2. The molecular weight excluding hydrogens is 248 g/mol. The van der Waals surface area contributed by atoms with Crippen LogP contribution in [0.1, 0.15) is 44.7 Å². The van der Waals surface area contributed by atoms with Crippen LogP contribution in [-0.2, 0) is 6.54 Å². The van der Waals surface area contributed by atoms with Crippen LogP contribution in [-0.4, -0.2) is 35.7 Å². The van der Waals surface area contributed by atoms with Crippen LogP contribution in [0.5, 0.6) is 5.75 Å². The molecule has 0 saturated carbocycles. The highest BCUT2D eigenvalue weighted by Gasteiger charge is 2.07. The quantitative estimate of drug-likeness (QED) is 0.727. The molecule has 114 valence electrons. The number of aryl methyl sites for hydroxylation is 1. The molecule has 0 radical (unpaired) electrons. The lowest BCUT2D eigenvalue weighted by atomic mass is 10.1. The van der Waals surface area contributed by atoms with Crippen molar-refractivity contribution in [2.24, 2.45) is 0 Å². The van der Waals surface area contributed by atoms with Crippen LogP contribution < -0.4 is 5.32 Å². The van der Waals surface area contributed by atoms with Gasteiger partial charge in [-0.05, 0) is 51.9 Å². The Labute approximate surface area is 124 Å². The van der Waals surface area contributed by atoms with Crippen molar-refractivity contribution in [3.8, 4) is 5.75 Å². The zero-order valence-electron chi connectivity index (χ0n) is 13.4.